The molecule has 8 saturated heterocycles. The first kappa shape index (κ1) is 93.7. The quantitative estimate of drug-likeness (QED) is 0.0602. The van der Waals surface area contributed by atoms with Crippen LogP contribution < -0.4 is 52.4 Å². The summed E-state index contributed by atoms with van der Waals surface area (Å²) in [5.74, 6) is -1.36. The Kier molecular flexibility index (Phi) is 27.4. The third kappa shape index (κ3) is 21.4. The number of benzene rings is 5. The Balaban J connectivity index is 0.000000129. The van der Waals surface area contributed by atoms with Gasteiger partial charge in [-0.15, -0.1) is 22.0 Å². The van der Waals surface area contributed by atoms with Crippen molar-refractivity contribution in [2.45, 2.75) is 238 Å². The van der Waals surface area contributed by atoms with E-state index >= 15 is 0 Å². The second-order valence-corrected chi connectivity index (χ2v) is 41.6. The molecule has 13 aliphatic heterocycles. The van der Waals surface area contributed by atoms with Crippen molar-refractivity contribution in [3.05, 3.63) is 147 Å². The van der Waals surface area contributed by atoms with Crippen molar-refractivity contribution in [2.24, 2.45) is 50.7 Å². The zero-order valence-electron chi connectivity index (χ0n) is 70.6. The predicted octanol–water partition coefficient (Wildman–Crippen LogP) is 1.67. The Morgan fingerprint density at radius 1 is 0.365 bits per heavy atom. The van der Waals surface area contributed by atoms with Crippen LogP contribution in [0.4, 0.5) is 0 Å². The van der Waals surface area contributed by atoms with E-state index in [9.17, 15) is 62.5 Å². The first-order chi connectivity index (χ1) is 59.3. The minimum Gasteiger partial charge on any atom is -0.491 e. The molecule has 0 radical (unpaired) electrons. The van der Waals surface area contributed by atoms with Gasteiger partial charge in [-0.05, 0) is 145 Å². The van der Waals surface area contributed by atoms with Gasteiger partial charge in [-0.3, -0.25) is 4.90 Å². The van der Waals surface area contributed by atoms with E-state index in [-0.39, 0.29) is 115 Å². The molecule has 0 spiro atoms. The van der Waals surface area contributed by atoms with Gasteiger partial charge in [0.25, 0.3) is 50.1 Å². The number of hydrogen-bond donors (Lipinski definition) is 9. The van der Waals surface area contributed by atoms with E-state index in [0.29, 0.717) is 97.4 Å². The second-order valence-electron chi connectivity index (χ2n) is 33.5. The van der Waals surface area contributed by atoms with E-state index < -0.39 is 141 Å². The molecule has 8 fully saturated rings. The molecule has 1 unspecified atom stereocenters. The maximum Gasteiger partial charge on any atom is 0.259 e. The second kappa shape index (κ2) is 36.9. The van der Waals surface area contributed by atoms with Gasteiger partial charge in [0.05, 0.1) is 74.9 Å². The molecule has 18 rings (SSSR count). The molecular weight excluding hydrogens is 1750 g/mol. The van der Waals surface area contributed by atoms with Gasteiger partial charge >= 0.3 is 0 Å². The van der Waals surface area contributed by atoms with Crippen LogP contribution in [0.5, 0.6) is 28.7 Å². The van der Waals surface area contributed by atoms with Crippen LogP contribution in [0.2, 0.25) is 0 Å². The first-order valence-electron chi connectivity index (χ1n) is 41.1. The molecule has 0 aliphatic carbocycles. The molecule has 0 aromatic heterocycles. The van der Waals surface area contributed by atoms with Gasteiger partial charge in [0.2, 0.25) is 0 Å². The molecular formula is C81H107N11O29S5. The number of hydrogen-bond acceptors (Lipinski definition) is 35. The van der Waals surface area contributed by atoms with Crippen molar-refractivity contribution in [3.63, 3.8) is 0 Å². The Hall–Kier alpha value is -8.40. The Morgan fingerprint density at radius 3 is 1.00 bits per heavy atom. The van der Waals surface area contributed by atoms with E-state index in [1.807, 2.05) is 61.5 Å². The summed E-state index contributed by atoms with van der Waals surface area (Å²) < 4.78 is 223. The fourth-order valence-electron chi connectivity index (χ4n) is 17.1. The minimum atomic E-state index is -3.63. The van der Waals surface area contributed by atoms with Crippen molar-refractivity contribution < 1.29 is 134 Å². The molecule has 13 aliphatic rings. The molecule has 5 aromatic rings. The zero-order valence-corrected chi connectivity index (χ0v) is 74.7. The topological polar surface area (TPSA) is 585 Å². The van der Waals surface area contributed by atoms with Crippen molar-refractivity contribution >= 4 is 79.3 Å². The third-order valence-electron chi connectivity index (χ3n) is 22.6. The molecule has 45 heteroatoms. The number of aliphatic hydroxyl groups is 4. The highest BCUT2D eigenvalue weighted by molar-refractivity contribution is 7.90. The van der Waals surface area contributed by atoms with Crippen LogP contribution in [-0.4, -0.2) is 271 Å². The van der Waals surface area contributed by atoms with E-state index in [1.54, 1.807) is 91.9 Å². The monoisotopic (exact) mass is 1860 g/mol. The summed E-state index contributed by atoms with van der Waals surface area (Å²) in [5, 5.41) is 39.5. The molecule has 0 saturated carbocycles. The van der Waals surface area contributed by atoms with E-state index in [1.165, 1.54) is 12.8 Å². The number of nitrogens with two attached hydrogens (primary N) is 5. The molecule has 5 aromatic carbocycles. The maximum atomic E-state index is 11.9. The Bertz CT molecular complexity index is 5680. The fraction of sp³-hybridized carbons (Fsp3) is 0.568. The third-order valence-corrected chi connectivity index (χ3v) is 28.3. The van der Waals surface area contributed by atoms with Crippen molar-refractivity contribution in [2.75, 3.05) is 52.7 Å². The lowest BCUT2D eigenvalue weighted by molar-refractivity contribution is -0.238. The number of amidine groups is 5. The predicted molar refractivity (Wildman–Crippen MR) is 455 cm³/mol. The lowest BCUT2D eigenvalue weighted by Gasteiger charge is -2.37. The Labute approximate surface area is 730 Å². The Morgan fingerprint density at radius 2 is 0.651 bits per heavy atom. The lowest BCUT2D eigenvalue weighted by atomic mass is 9.99. The van der Waals surface area contributed by atoms with Crippen molar-refractivity contribution in [1.82, 2.24) is 4.90 Å². The minimum absolute atomic E-state index is 0.000942. The van der Waals surface area contributed by atoms with Gasteiger partial charge in [-0.25, -0.2) is 42.1 Å². The first-order valence-corrected chi connectivity index (χ1v) is 49.1. The van der Waals surface area contributed by atoms with Gasteiger partial charge in [-0.1, -0.05) is 74.5 Å². The fourth-order valence-corrected chi connectivity index (χ4v) is 22.5. The molecule has 40 nitrogen and oxygen atoms in total. The number of nitrogens with zero attached hydrogens (tertiary/aromatic N) is 6. The summed E-state index contributed by atoms with van der Waals surface area (Å²) in [7, 11) is -17.9. The molecule has 0 bridgehead atoms. The van der Waals surface area contributed by atoms with Crippen LogP contribution in [0, 0.1) is 0 Å². The highest BCUT2D eigenvalue weighted by Gasteiger charge is 2.61. The van der Waals surface area contributed by atoms with Crippen LogP contribution in [0.25, 0.3) is 0 Å². The number of likely N-dealkylation sites (tertiary alicyclic amines) is 1. The van der Waals surface area contributed by atoms with Crippen LogP contribution in [0.3, 0.4) is 0 Å². The van der Waals surface area contributed by atoms with Crippen molar-refractivity contribution in [3.8, 4) is 28.7 Å². The smallest absolute Gasteiger partial charge is 0.259 e. The highest BCUT2D eigenvalue weighted by atomic mass is 32.2. The summed E-state index contributed by atoms with van der Waals surface area (Å²) in [6.45, 7) is 20.7. The van der Waals surface area contributed by atoms with Crippen LogP contribution >= 0.6 is 0 Å². The van der Waals surface area contributed by atoms with Crippen LogP contribution in [0.15, 0.2) is 113 Å². The SMILES string of the molecule is CC1(C)O[C@H]2OC(COc3cccc4c3C(N)=NS(=O)(=O)C4)[C@@H]3OC(C)(C)O[C@H]3[C@H]2O1.CC[C@@H]1O[C@H](COc2cccc3c2C(N)=NS(=O)(=O)C3)[C@@H](O)[C@H]1O.CC[C@@H]1O[C@H](COc2cccc3c2C(N)=NS(=O)(=O)C3)[C@H]2OC(C)(C)O[C@H]21.C[C@@H]1O[C@H](COc2cccc3c2C(N)=NS(=O)(=O)C3)[C@@H](O)[C@H]1O.NC1=NS(=O)(=O)Cc2cccc(OCCN3CCCC3)c21. The molecule has 17 atom stereocenters. The average Bonchev–Trinajstić information content (AvgIpc) is 1.54. The molecule has 690 valence electrons. The van der Waals surface area contributed by atoms with Crippen molar-refractivity contribution in [1.29, 1.82) is 0 Å². The number of rotatable bonds is 18. The summed E-state index contributed by atoms with van der Waals surface area (Å²) >= 11 is 0. The van der Waals surface area contributed by atoms with Gasteiger partial charge in [0.15, 0.2) is 23.7 Å². The van der Waals surface area contributed by atoms with E-state index in [4.69, 9.17) is 99.7 Å². The number of fused-ring (bicyclic) bond motifs is 9. The summed E-state index contributed by atoms with van der Waals surface area (Å²) in [6.07, 6.45) is -5.43. The van der Waals surface area contributed by atoms with Gasteiger partial charge in [-0.2, -0.15) is 0 Å². The normalized spacial score (nSPS) is 31.5. The van der Waals surface area contributed by atoms with Gasteiger partial charge < -0.3 is 120 Å². The number of aliphatic hydroxyl groups excluding tert-OH is 4. The molecule has 126 heavy (non-hydrogen) atoms. The lowest BCUT2D eigenvalue weighted by Crippen LogP contribution is -2.56. The average molecular weight is 1860 g/mol. The number of sulfonamides is 5. The molecule has 13 heterocycles. The largest absolute Gasteiger partial charge is 0.491 e. The van der Waals surface area contributed by atoms with Crippen LogP contribution in [-0.2, 0) is 126 Å². The van der Waals surface area contributed by atoms with E-state index in [2.05, 4.69) is 26.9 Å². The highest BCUT2D eigenvalue weighted by Crippen LogP contribution is 2.46. The summed E-state index contributed by atoms with van der Waals surface area (Å²) in [5.41, 5.74) is 34.4. The number of ether oxygens (including phenoxy) is 15. The summed E-state index contributed by atoms with van der Waals surface area (Å²) in [6, 6.07) is 25.6. The summed E-state index contributed by atoms with van der Waals surface area (Å²) in [4.78, 5) is 2.36. The van der Waals surface area contributed by atoms with E-state index in [0.717, 1.165) is 26.1 Å². The molecule has 14 N–H and O–H groups in total. The van der Waals surface area contributed by atoms with Gasteiger partial charge in [0.1, 0.15) is 170 Å². The van der Waals surface area contributed by atoms with Gasteiger partial charge in [0, 0.05) is 6.54 Å². The maximum absolute atomic E-state index is 11.9. The molecule has 0 amide bonds. The standard InChI is InChI=1S/C20H26N2O8S.C18H24N2O6S.C15H20N2O6S.C14H19N3O3S.C14H18N2O6S/c1-19(2)27-14-12(26-18-16(15(14)28-19)29-20(3,4)30-18)8-25-11-7-5-6-10-9-31(23,24)22-17(21)13(10)11;1-4-11-15-16(26-18(2,3)25-15)13(24-11)8-23-12-7-5-6-10-9-27(21,22)20-17(19)14(10)12;1-2-9-13(18)14(19)11(23-9)6-22-10-5-3-4-8-7-24(20,21)17-15(16)12(8)10;15-14-13-11(10-21(18,19)16-14)4-3-5-12(13)20-9-8-17-6-1-2-7-17;1-7-12(17)13(18)10(22-7)5-21-9-4-2-3-8-6-23(19,20)16-14(15)11(8)9/h5-7,12,14-16,18H,8-9H2,1-4H3,(H2,21,22);5-7,11,13,15-16H,4,8-9H2,1-3H3,(H2,19,20);3-5,9,11,13-14,18-19H,2,6-7H2,1H3,(H2,16,17);3-5H,1-2,6-10H2,(H2,15,16);2-4,7,10,12-13,17-18H,5-6H2,1H3,(H2,15,16)/t12?,14-,15+,16+,18+;11-,13+,15-,16+;9-,11+,13-,14+;;7-,10+,12-,13+/m000.0/s1. The zero-order chi connectivity index (χ0) is 90.7. The van der Waals surface area contributed by atoms with Crippen LogP contribution in [0.1, 0.15) is 144 Å².